The maximum Gasteiger partial charge on any atom is 0.238 e. The van der Waals surface area contributed by atoms with Crippen molar-refractivity contribution >= 4 is 17.5 Å². The number of anilines is 1. The highest BCUT2D eigenvalue weighted by atomic mass is 16.2. The molecule has 30 heavy (non-hydrogen) atoms. The summed E-state index contributed by atoms with van der Waals surface area (Å²) in [7, 11) is 0. The lowest BCUT2D eigenvalue weighted by Gasteiger charge is -2.34. The number of piperazine rings is 1. The minimum Gasteiger partial charge on any atom is -0.339 e. The number of carbonyl (C=O) groups is 2. The van der Waals surface area contributed by atoms with Gasteiger partial charge in [0.1, 0.15) is 0 Å². The van der Waals surface area contributed by atoms with Gasteiger partial charge in [-0.05, 0) is 44.0 Å². The Hall–Kier alpha value is -2.77. The Labute approximate surface area is 178 Å². The first-order chi connectivity index (χ1) is 14.4. The Morgan fingerprint density at radius 1 is 1.03 bits per heavy atom. The van der Waals surface area contributed by atoms with Crippen molar-refractivity contribution in [1.29, 1.82) is 0 Å². The van der Waals surface area contributed by atoms with E-state index in [0.717, 1.165) is 22.5 Å². The molecule has 7 heteroatoms. The highest BCUT2D eigenvalue weighted by Crippen LogP contribution is 2.19. The van der Waals surface area contributed by atoms with Gasteiger partial charge in [-0.25, -0.2) is 0 Å². The summed E-state index contributed by atoms with van der Waals surface area (Å²) in [5.41, 5.74) is 3.94. The Balaban J connectivity index is 1.41. The maximum atomic E-state index is 12.5. The second-order valence-electron chi connectivity index (χ2n) is 7.83. The second-order valence-corrected chi connectivity index (χ2v) is 7.83. The van der Waals surface area contributed by atoms with Gasteiger partial charge < -0.3 is 15.5 Å². The molecule has 1 aromatic carbocycles. The van der Waals surface area contributed by atoms with Crippen LogP contribution in [0.15, 0.2) is 42.6 Å². The van der Waals surface area contributed by atoms with E-state index in [1.54, 1.807) is 6.20 Å². The lowest BCUT2D eigenvalue weighted by molar-refractivity contribution is -0.132. The number of carbonyl (C=O) groups excluding carboxylic acids is 2. The smallest absolute Gasteiger partial charge is 0.238 e. The van der Waals surface area contributed by atoms with Gasteiger partial charge in [-0.2, -0.15) is 0 Å². The van der Waals surface area contributed by atoms with Gasteiger partial charge in [0.2, 0.25) is 11.8 Å². The largest absolute Gasteiger partial charge is 0.339 e. The number of rotatable bonds is 7. The van der Waals surface area contributed by atoms with E-state index in [0.29, 0.717) is 32.7 Å². The maximum absolute atomic E-state index is 12.5. The molecular formula is C23H31N5O2. The average Bonchev–Trinajstić information content (AvgIpc) is 2.75. The lowest BCUT2D eigenvalue weighted by atomic mass is 10.1. The standard InChI is InChI=1S/C23H31N5O2/c1-17-7-6-8-18(2)23(17)26-21(29)16-27-11-13-28(14-12-27)22(30)15-25-19(3)20-9-4-5-10-24-20/h4-10,19,25H,11-16H2,1-3H3,(H,26,29). The topological polar surface area (TPSA) is 77.6 Å². The highest BCUT2D eigenvalue weighted by Gasteiger charge is 2.23. The minimum absolute atomic E-state index is 0.0157. The zero-order chi connectivity index (χ0) is 21.5. The van der Waals surface area contributed by atoms with E-state index < -0.39 is 0 Å². The van der Waals surface area contributed by atoms with Gasteiger partial charge in [0.05, 0.1) is 18.8 Å². The Bertz CT molecular complexity index is 843. The molecule has 1 aromatic heterocycles. The molecule has 3 rings (SSSR count). The number of hydrogen-bond acceptors (Lipinski definition) is 5. The van der Waals surface area contributed by atoms with E-state index in [2.05, 4.69) is 20.5 Å². The van der Waals surface area contributed by atoms with Crippen molar-refractivity contribution in [2.75, 3.05) is 44.6 Å². The number of aromatic nitrogens is 1. The third kappa shape index (κ3) is 5.87. The molecule has 0 radical (unpaired) electrons. The van der Waals surface area contributed by atoms with E-state index in [9.17, 15) is 9.59 Å². The van der Waals surface area contributed by atoms with E-state index in [1.165, 1.54) is 0 Å². The van der Waals surface area contributed by atoms with Crippen LogP contribution in [0.3, 0.4) is 0 Å². The molecule has 1 unspecified atom stereocenters. The van der Waals surface area contributed by atoms with Crippen molar-refractivity contribution in [3.8, 4) is 0 Å². The average molecular weight is 410 g/mol. The third-order valence-electron chi connectivity index (χ3n) is 5.53. The summed E-state index contributed by atoms with van der Waals surface area (Å²) in [5, 5.41) is 6.28. The SMILES string of the molecule is Cc1cccc(C)c1NC(=O)CN1CCN(C(=O)CNC(C)c2ccccn2)CC1. The van der Waals surface area contributed by atoms with E-state index in [4.69, 9.17) is 0 Å². The van der Waals surface area contributed by atoms with Crippen LogP contribution in [0.5, 0.6) is 0 Å². The third-order valence-corrected chi connectivity index (χ3v) is 5.53. The van der Waals surface area contributed by atoms with Crippen LogP contribution in [0.1, 0.15) is 29.8 Å². The van der Waals surface area contributed by atoms with Crippen molar-refractivity contribution in [3.63, 3.8) is 0 Å². The van der Waals surface area contributed by atoms with Crippen LogP contribution >= 0.6 is 0 Å². The first kappa shape index (κ1) is 21.9. The fourth-order valence-corrected chi connectivity index (χ4v) is 3.64. The van der Waals surface area contributed by atoms with E-state index in [1.807, 2.05) is 62.1 Å². The molecule has 2 aromatic rings. The Kier molecular flexibility index (Phi) is 7.54. The van der Waals surface area contributed by atoms with E-state index in [-0.39, 0.29) is 24.4 Å². The number of amides is 2. The van der Waals surface area contributed by atoms with Gasteiger partial charge >= 0.3 is 0 Å². The van der Waals surface area contributed by atoms with Crippen LogP contribution in [0.2, 0.25) is 0 Å². The minimum atomic E-state index is -0.0157. The summed E-state index contributed by atoms with van der Waals surface area (Å²) in [6.45, 7) is 9.27. The van der Waals surface area contributed by atoms with Gasteiger partial charge in [0, 0.05) is 44.1 Å². The second kappa shape index (κ2) is 10.3. The first-order valence-corrected chi connectivity index (χ1v) is 10.4. The van der Waals surface area contributed by atoms with Crippen molar-refractivity contribution in [2.24, 2.45) is 0 Å². The molecule has 0 saturated carbocycles. The number of nitrogens with one attached hydrogen (secondary N) is 2. The molecular weight excluding hydrogens is 378 g/mol. The molecule has 2 N–H and O–H groups in total. The molecule has 1 aliphatic rings. The van der Waals surface area contributed by atoms with Gasteiger partial charge in [-0.1, -0.05) is 24.3 Å². The first-order valence-electron chi connectivity index (χ1n) is 10.4. The van der Waals surface area contributed by atoms with Crippen molar-refractivity contribution in [2.45, 2.75) is 26.8 Å². The fourth-order valence-electron chi connectivity index (χ4n) is 3.64. The molecule has 1 atom stereocenters. The fraction of sp³-hybridized carbons (Fsp3) is 0.435. The molecule has 0 spiro atoms. The van der Waals surface area contributed by atoms with Gasteiger partial charge in [-0.15, -0.1) is 0 Å². The van der Waals surface area contributed by atoms with Gasteiger partial charge in [0.15, 0.2) is 0 Å². The quantitative estimate of drug-likeness (QED) is 0.733. The predicted molar refractivity (Wildman–Crippen MR) is 118 cm³/mol. The van der Waals surface area contributed by atoms with Crippen LogP contribution in [0.25, 0.3) is 0 Å². The molecule has 2 amide bonds. The van der Waals surface area contributed by atoms with Crippen LogP contribution in [0.4, 0.5) is 5.69 Å². The molecule has 0 aliphatic carbocycles. The summed E-state index contributed by atoms with van der Waals surface area (Å²) in [6.07, 6.45) is 1.76. The molecule has 160 valence electrons. The molecule has 1 aliphatic heterocycles. The Morgan fingerprint density at radius 2 is 1.73 bits per heavy atom. The number of benzene rings is 1. The summed E-state index contributed by atoms with van der Waals surface area (Å²) in [6, 6.07) is 11.8. The number of para-hydroxylation sites is 1. The van der Waals surface area contributed by atoms with Crippen molar-refractivity contribution in [1.82, 2.24) is 20.1 Å². The molecule has 7 nitrogen and oxygen atoms in total. The van der Waals surface area contributed by atoms with E-state index >= 15 is 0 Å². The van der Waals surface area contributed by atoms with Crippen LogP contribution in [-0.2, 0) is 9.59 Å². The summed E-state index contributed by atoms with van der Waals surface area (Å²) >= 11 is 0. The number of nitrogens with zero attached hydrogens (tertiary/aromatic N) is 3. The molecule has 1 fully saturated rings. The van der Waals surface area contributed by atoms with Crippen molar-refractivity contribution < 1.29 is 9.59 Å². The highest BCUT2D eigenvalue weighted by molar-refractivity contribution is 5.93. The summed E-state index contributed by atoms with van der Waals surface area (Å²) < 4.78 is 0. The van der Waals surface area contributed by atoms with Gasteiger partial charge in [-0.3, -0.25) is 19.5 Å². The number of aryl methyl sites for hydroxylation is 2. The normalized spacial score (nSPS) is 15.6. The van der Waals surface area contributed by atoms with Crippen molar-refractivity contribution in [3.05, 3.63) is 59.4 Å². The summed E-state index contributed by atoms with van der Waals surface area (Å²) in [4.78, 5) is 33.3. The van der Waals surface area contributed by atoms with Gasteiger partial charge in [0.25, 0.3) is 0 Å². The molecule has 0 bridgehead atoms. The lowest BCUT2D eigenvalue weighted by Crippen LogP contribution is -2.52. The predicted octanol–water partition coefficient (Wildman–Crippen LogP) is 2.13. The number of pyridine rings is 1. The number of hydrogen-bond donors (Lipinski definition) is 2. The Morgan fingerprint density at radius 3 is 2.37 bits per heavy atom. The van der Waals surface area contributed by atoms with Crippen LogP contribution < -0.4 is 10.6 Å². The summed E-state index contributed by atoms with van der Waals surface area (Å²) in [5.74, 6) is 0.0652. The zero-order valence-electron chi connectivity index (χ0n) is 18.0. The monoisotopic (exact) mass is 409 g/mol. The zero-order valence-corrected chi connectivity index (χ0v) is 18.0. The van der Waals surface area contributed by atoms with Crippen LogP contribution in [0, 0.1) is 13.8 Å². The van der Waals surface area contributed by atoms with Crippen LogP contribution in [-0.4, -0.2) is 65.9 Å². The molecule has 2 heterocycles. The molecule has 1 saturated heterocycles.